The van der Waals surface area contributed by atoms with Crippen molar-refractivity contribution in [1.29, 1.82) is 0 Å². The molecule has 0 unspecified atom stereocenters. The van der Waals surface area contributed by atoms with Crippen LogP contribution in [0, 0.1) is 18.7 Å². The third-order valence-electron chi connectivity index (χ3n) is 3.53. The average molecular weight is 345 g/mol. The zero-order valence-corrected chi connectivity index (χ0v) is 15.1. The molecule has 2 aromatic carbocycles. The SMILES string of the molecule is CCOc1cc(C(=O)Nc2cc(F)ccc2C)ccc1OCC(C)C. The largest absolute Gasteiger partial charge is 0.490 e. The molecular weight excluding hydrogens is 321 g/mol. The number of anilines is 1. The van der Waals surface area contributed by atoms with E-state index in [-0.39, 0.29) is 5.91 Å². The van der Waals surface area contributed by atoms with Gasteiger partial charge in [-0.15, -0.1) is 0 Å². The molecular formula is C20H24FNO3. The molecule has 0 aliphatic carbocycles. The summed E-state index contributed by atoms with van der Waals surface area (Å²) in [6, 6.07) is 9.32. The average Bonchev–Trinajstić information content (AvgIpc) is 2.57. The molecule has 0 spiro atoms. The van der Waals surface area contributed by atoms with Crippen LogP contribution in [0.4, 0.5) is 10.1 Å². The molecule has 0 aromatic heterocycles. The molecule has 25 heavy (non-hydrogen) atoms. The molecule has 0 aliphatic rings. The number of hydrogen-bond donors (Lipinski definition) is 1. The van der Waals surface area contributed by atoms with E-state index in [4.69, 9.17) is 9.47 Å². The zero-order chi connectivity index (χ0) is 18.4. The van der Waals surface area contributed by atoms with E-state index < -0.39 is 5.82 Å². The molecule has 1 N–H and O–H groups in total. The van der Waals surface area contributed by atoms with Crippen LogP contribution in [-0.2, 0) is 0 Å². The number of benzene rings is 2. The fourth-order valence-electron chi connectivity index (χ4n) is 2.22. The van der Waals surface area contributed by atoms with Crippen LogP contribution in [0.25, 0.3) is 0 Å². The van der Waals surface area contributed by atoms with Gasteiger partial charge in [0, 0.05) is 11.3 Å². The van der Waals surface area contributed by atoms with E-state index in [1.165, 1.54) is 12.1 Å². The summed E-state index contributed by atoms with van der Waals surface area (Å²) in [6.45, 7) is 8.83. The maximum Gasteiger partial charge on any atom is 0.255 e. The van der Waals surface area contributed by atoms with Crippen LogP contribution in [0.1, 0.15) is 36.7 Å². The van der Waals surface area contributed by atoms with Gasteiger partial charge in [0.2, 0.25) is 0 Å². The van der Waals surface area contributed by atoms with E-state index in [2.05, 4.69) is 19.2 Å². The molecule has 0 atom stereocenters. The summed E-state index contributed by atoms with van der Waals surface area (Å²) in [5.74, 6) is 0.785. The standard InChI is InChI=1S/C20H24FNO3/c1-5-24-19-10-15(7-9-18(19)25-12-13(2)3)20(23)22-17-11-16(21)8-6-14(17)4/h6-11,13H,5,12H2,1-4H3,(H,22,23). The number of nitrogens with one attached hydrogen (secondary N) is 1. The highest BCUT2D eigenvalue weighted by molar-refractivity contribution is 6.05. The second-order valence-corrected chi connectivity index (χ2v) is 6.21. The van der Waals surface area contributed by atoms with E-state index >= 15 is 0 Å². The predicted octanol–water partition coefficient (Wildman–Crippen LogP) is 4.82. The second-order valence-electron chi connectivity index (χ2n) is 6.21. The van der Waals surface area contributed by atoms with Crippen molar-refractivity contribution in [3.8, 4) is 11.5 Å². The summed E-state index contributed by atoms with van der Waals surface area (Å²) in [7, 11) is 0. The fraction of sp³-hybridized carbons (Fsp3) is 0.350. The summed E-state index contributed by atoms with van der Waals surface area (Å²) >= 11 is 0. The van der Waals surface area contributed by atoms with Crippen molar-refractivity contribution in [3.05, 3.63) is 53.3 Å². The number of ether oxygens (including phenoxy) is 2. The number of halogens is 1. The van der Waals surface area contributed by atoms with Gasteiger partial charge in [0.15, 0.2) is 11.5 Å². The van der Waals surface area contributed by atoms with Gasteiger partial charge in [0.25, 0.3) is 5.91 Å². The summed E-state index contributed by atoms with van der Waals surface area (Å²) in [4.78, 5) is 12.5. The smallest absolute Gasteiger partial charge is 0.255 e. The normalized spacial score (nSPS) is 10.6. The summed E-state index contributed by atoms with van der Waals surface area (Å²) < 4.78 is 24.7. The minimum absolute atomic E-state index is 0.329. The highest BCUT2D eigenvalue weighted by Gasteiger charge is 2.13. The molecule has 0 aliphatic heterocycles. The van der Waals surface area contributed by atoms with Gasteiger partial charge in [0.1, 0.15) is 5.82 Å². The van der Waals surface area contributed by atoms with Crippen molar-refractivity contribution >= 4 is 11.6 Å². The Balaban J connectivity index is 2.21. The second kappa shape index (κ2) is 8.51. The molecule has 5 heteroatoms. The predicted molar refractivity (Wildman–Crippen MR) is 97.0 cm³/mol. The van der Waals surface area contributed by atoms with Crippen LogP contribution >= 0.6 is 0 Å². The van der Waals surface area contributed by atoms with Crippen molar-refractivity contribution in [2.45, 2.75) is 27.7 Å². The highest BCUT2D eigenvalue weighted by atomic mass is 19.1. The first-order chi connectivity index (χ1) is 11.9. The van der Waals surface area contributed by atoms with Crippen molar-refractivity contribution in [2.24, 2.45) is 5.92 Å². The lowest BCUT2D eigenvalue weighted by atomic mass is 10.1. The maximum absolute atomic E-state index is 13.4. The van der Waals surface area contributed by atoms with Gasteiger partial charge in [-0.2, -0.15) is 0 Å². The Morgan fingerprint density at radius 3 is 2.56 bits per heavy atom. The van der Waals surface area contributed by atoms with Gasteiger partial charge < -0.3 is 14.8 Å². The quantitative estimate of drug-likeness (QED) is 0.782. The van der Waals surface area contributed by atoms with Crippen molar-refractivity contribution in [3.63, 3.8) is 0 Å². The Hall–Kier alpha value is -2.56. The molecule has 4 nitrogen and oxygen atoms in total. The topological polar surface area (TPSA) is 47.6 Å². The molecule has 1 amide bonds. The summed E-state index contributed by atoms with van der Waals surface area (Å²) in [6.07, 6.45) is 0. The molecule has 0 saturated heterocycles. The molecule has 0 saturated carbocycles. The van der Waals surface area contributed by atoms with Crippen LogP contribution in [-0.4, -0.2) is 19.1 Å². The number of amides is 1. The third-order valence-corrected chi connectivity index (χ3v) is 3.53. The minimum atomic E-state index is -0.395. The lowest BCUT2D eigenvalue weighted by molar-refractivity contribution is 0.102. The van der Waals surface area contributed by atoms with Gasteiger partial charge in [0.05, 0.1) is 13.2 Å². The van der Waals surface area contributed by atoms with E-state index in [1.54, 1.807) is 24.3 Å². The van der Waals surface area contributed by atoms with Gasteiger partial charge in [-0.25, -0.2) is 4.39 Å². The van der Waals surface area contributed by atoms with E-state index in [0.29, 0.717) is 41.9 Å². The lowest BCUT2D eigenvalue weighted by Crippen LogP contribution is -2.14. The Morgan fingerprint density at radius 1 is 1.12 bits per heavy atom. The molecule has 0 bridgehead atoms. The van der Waals surface area contributed by atoms with E-state index in [1.807, 2.05) is 13.8 Å². The molecule has 0 fully saturated rings. The molecule has 134 valence electrons. The molecule has 2 rings (SSSR count). The van der Waals surface area contributed by atoms with Gasteiger partial charge in [-0.05, 0) is 55.7 Å². The Kier molecular flexibility index (Phi) is 6.39. The summed E-state index contributed by atoms with van der Waals surface area (Å²) in [5.41, 5.74) is 1.66. The molecule has 0 radical (unpaired) electrons. The third kappa shape index (κ3) is 5.21. The van der Waals surface area contributed by atoms with Crippen molar-refractivity contribution in [1.82, 2.24) is 0 Å². The maximum atomic E-state index is 13.4. The number of rotatable bonds is 7. The van der Waals surface area contributed by atoms with E-state index in [0.717, 1.165) is 5.56 Å². The number of aryl methyl sites for hydroxylation is 1. The van der Waals surface area contributed by atoms with Crippen LogP contribution in [0.5, 0.6) is 11.5 Å². The number of hydrogen-bond acceptors (Lipinski definition) is 3. The Bertz CT molecular complexity index is 744. The summed E-state index contributed by atoms with van der Waals surface area (Å²) in [5, 5.41) is 2.73. The van der Waals surface area contributed by atoms with Gasteiger partial charge >= 0.3 is 0 Å². The van der Waals surface area contributed by atoms with Crippen LogP contribution < -0.4 is 14.8 Å². The van der Waals surface area contributed by atoms with Crippen LogP contribution in [0.3, 0.4) is 0 Å². The van der Waals surface area contributed by atoms with Gasteiger partial charge in [-0.1, -0.05) is 19.9 Å². The van der Waals surface area contributed by atoms with Crippen molar-refractivity contribution in [2.75, 3.05) is 18.5 Å². The number of carbonyl (C=O) groups excluding carboxylic acids is 1. The van der Waals surface area contributed by atoms with E-state index in [9.17, 15) is 9.18 Å². The monoisotopic (exact) mass is 345 g/mol. The highest BCUT2D eigenvalue weighted by Crippen LogP contribution is 2.29. The number of carbonyl (C=O) groups is 1. The lowest BCUT2D eigenvalue weighted by Gasteiger charge is -2.15. The van der Waals surface area contributed by atoms with Crippen LogP contribution in [0.15, 0.2) is 36.4 Å². The first-order valence-corrected chi connectivity index (χ1v) is 8.37. The van der Waals surface area contributed by atoms with Crippen LogP contribution in [0.2, 0.25) is 0 Å². The van der Waals surface area contributed by atoms with Crippen molar-refractivity contribution < 1.29 is 18.7 Å². The fourth-order valence-corrected chi connectivity index (χ4v) is 2.22. The zero-order valence-electron chi connectivity index (χ0n) is 15.1. The molecule has 2 aromatic rings. The minimum Gasteiger partial charge on any atom is -0.490 e. The molecule has 0 heterocycles. The Labute approximate surface area is 148 Å². The van der Waals surface area contributed by atoms with Gasteiger partial charge in [-0.3, -0.25) is 4.79 Å². The first-order valence-electron chi connectivity index (χ1n) is 8.37. The first kappa shape index (κ1) is 18.8. The Morgan fingerprint density at radius 2 is 1.88 bits per heavy atom.